The Hall–Kier alpha value is -2.40. The number of benzene rings is 1. The van der Waals surface area contributed by atoms with Gasteiger partial charge in [-0.05, 0) is 36.5 Å². The van der Waals surface area contributed by atoms with E-state index in [9.17, 15) is 23.6 Å². The van der Waals surface area contributed by atoms with Crippen LogP contribution in [0.3, 0.4) is 0 Å². The molecular formula is C18H21N3O6S. The second-order valence-electron chi connectivity index (χ2n) is 6.49. The molecule has 9 nitrogen and oxygen atoms in total. The number of hydrogen-bond donors (Lipinski definition) is 1. The van der Waals surface area contributed by atoms with E-state index in [1.807, 2.05) is 0 Å². The zero-order chi connectivity index (χ0) is 20.3. The highest BCUT2D eigenvalue weighted by molar-refractivity contribution is 7.89. The number of aliphatic hydroxyl groups is 1. The van der Waals surface area contributed by atoms with Crippen LogP contribution in [0.25, 0.3) is 0 Å². The Morgan fingerprint density at radius 3 is 2.71 bits per heavy atom. The number of hydrogen-bond acceptors (Lipinski definition) is 7. The third kappa shape index (κ3) is 4.04. The molecule has 1 aliphatic carbocycles. The minimum absolute atomic E-state index is 0.0647. The molecule has 1 atom stereocenters. The summed E-state index contributed by atoms with van der Waals surface area (Å²) in [6.45, 7) is 3.27. The molecule has 3 rings (SSSR count). The van der Waals surface area contributed by atoms with E-state index < -0.39 is 31.6 Å². The fourth-order valence-corrected chi connectivity index (χ4v) is 4.68. The van der Waals surface area contributed by atoms with Gasteiger partial charge in [-0.3, -0.25) is 19.9 Å². The summed E-state index contributed by atoms with van der Waals surface area (Å²) in [4.78, 5) is 19.9. The second-order valence-corrected chi connectivity index (χ2v) is 8.24. The van der Waals surface area contributed by atoms with Crippen LogP contribution in [0.2, 0.25) is 0 Å². The summed E-state index contributed by atoms with van der Waals surface area (Å²) in [5, 5.41) is 20.7. The first-order chi connectivity index (χ1) is 13.4. The summed E-state index contributed by atoms with van der Waals surface area (Å²) in [6.07, 6.45) is 4.91. The lowest BCUT2D eigenvalue weighted by atomic mass is 9.98. The fourth-order valence-electron chi connectivity index (χ4n) is 3.11. The maximum absolute atomic E-state index is 13.3. The molecule has 1 unspecified atom stereocenters. The van der Waals surface area contributed by atoms with Gasteiger partial charge in [0.25, 0.3) is 15.7 Å². The van der Waals surface area contributed by atoms with Gasteiger partial charge >= 0.3 is 0 Å². The van der Waals surface area contributed by atoms with Crippen LogP contribution in [0, 0.1) is 16.0 Å². The Morgan fingerprint density at radius 1 is 1.39 bits per heavy atom. The van der Waals surface area contributed by atoms with Gasteiger partial charge in [0.1, 0.15) is 0 Å². The Kier molecular flexibility index (Phi) is 6.04. The molecule has 28 heavy (non-hydrogen) atoms. The van der Waals surface area contributed by atoms with Crippen molar-refractivity contribution in [2.75, 3.05) is 19.8 Å². The van der Waals surface area contributed by atoms with E-state index in [-0.39, 0.29) is 25.7 Å². The molecule has 0 amide bonds. The standard InChI is InChI=1S/C18H21N3O6S/c1-2-9-27-21(17-11-19-14(12-22)10-15(17)13-7-8-13)28(25,26)18-6-4-3-5-16(18)20(23)24/h2-6,10,13,17,22H,1,7-9,11-12H2. The largest absolute Gasteiger partial charge is 0.390 e. The number of dihydropyridines is 1. The van der Waals surface area contributed by atoms with Crippen molar-refractivity contribution < 1.29 is 23.3 Å². The van der Waals surface area contributed by atoms with Crippen LogP contribution in [0.15, 0.2) is 58.5 Å². The minimum atomic E-state index is -4.36. The zero-order valence-electron chi connectivity index (χ0n) is 15.1. The molecule has 0 spiro atoms. The number of nitro groups is 1. The summed E-state index contributed by atoms with van der Waals surface area (Å²) in [5.74, 6) is 0.179. The fraction of sp³-hybridized carbons (Fsp3) is 0.389. The Balaban J connectivity index is 2.05. The zero-order valence-corrected chi connectivity index (χ0v) is 15.9. The number of hydroxylamine groups is 1. The van der Waals surface area contributed by atoms with Crippen LogP contribution < -0.4 is 0 Å². The second kappa shape index (κ2) is 8.31. The van der Waals surface area contributed by atoms with Crippen molar-refractivity contribution >= 4 is 21.4 Å². The van der Waals surface area contributed by atoms with E-state index in [0.29, 0.717) is 5.71 Å². The van der Waals surface area contributed by atoms with Crippen LogP contribution in [0.5, 0.6) is 0 Å². The number of aliphatic hydroxyl groups excluding tert-OH is 1. The highest BCUT2D eigenvalue weighted by Crippen LogP contribution is 2.42. The average molecular weight is 407 g/mol. The third-order valence-corrected chi connectivity index (χ3v) is 6.28. The normalized spacial score (nSPS) is 19.9. The van der Waals surface area contributed by atoms with E-state index in [4.69, 9.17) is 4.84 Å². The van der Waals surface area contributed by atoms with Crippen molar-refractivity contribution in [1.29, 1.82) is 0 Å². The molecule has 150 valence electrons. The van der Waals surface area contributed by atoms with Crippen LogP contribution in [-0.4, -0.2) is 54.4 Å². The molecule has 2 aliphatic rings. The van der Waals surface area contributed by atoms with E-state index in [1.165, 1.54) is 24.3 Å². The van der Waals surface area contributed by atoms with Crippen molar-refractivity contribution in [3.05, 3.63) is 58.7 Å². The number of para-hydroxylation sites is 1. The number of aliphatic imine (C=N–C) groups is 1. The molecule has 10 heteroatoms. The van der Waals surface area contributed by atoms with E-state index >= 15 is 0 Å². The molecule has 0 radical (unpaired) electrons. The Morgan fingerprint density at radius 2 is 2.11 bits per heavy atom. The first-order valence-corrected chi connectivity index (χ1v) is 10.2. The van der Waals surface area contributed by atoms with Gasteiger partial charge in [-0.15, -0.1) is 6.58 Å². The number of nitrogens with zero attached hydrogens (tertiary/aromatic N) is 3. The van der Waals surface area contributed by atoms with Crippen LogP contribution in [-0.2, 0) is 14.9 Å². The molecular weight excluding hydrogens is 386 g/mol. The molecule has 1 aromatic rings. The predicted molar refractivity (Wildman–Crippen MR) is 102 cm³/mol. The molecule has 1 aliphatic heterocycles. The SMILES string of the molecule is C=CCON(C1CN=C(CO)C=C1C1CC1)S(=O)(=O)c1ccccc1[N+](=O)[O-]. The highest BCUT2D eigenvalue weighted by atomic mass is 32.2. The van der Waals surface area contributed by atoms with Crippen LogP contribution in [0.1, 0.15) is 12.8 Å². The molecule has 1 fully saturated rings. The Bertz CT molecular complexity index is 936. The number of sulfonamides is 1. The average Bonchev–Trinajstić information content (AvgIpc) is 3.53. The van der Waals surface area contributed by atoms with Gasteiger partial charge in [-0.25, -0.2) is 8.42 Å². The molecule has 1 N–H and O–H groups in total. The van der Waals surface area contributed by atoms with Crippen molar-refractivity contribution in [3.8, 4) is 0 Å². The lowest BCUT2D eigenvalue weighted by molar-refractivity contribution is -0.387. The van der Waals surface area contributed by atoms with Gasteiger partial charge in [0.2, 0.25) is 0 Å². The first kappa shape index (κ1) is 20.3. The topological polar surface area (TPSA) is 122 Å². The van der Waals surface area contributed by atoms with Crippen LogP contribution in [0.4, 0.5) is 5.69 Å². The monoisotopic (exact) mass is 407 g/mol. The van der Waals surface area contributed by atoms with Gasteiger partial charge in [0, 0.05) is 6.07 Å². The molecule has 0 aromatic heterocycles. The summed E-state index contributed by atoms with van der Waals surface area (Å²) >= 11 is 0. The summed E-state index contributed by atoms with van der Waals surface area (Å²) in [5.41, 5.74) is 0.747. The van der Waals surface area contributed by atoms with E-state index in [0.717, 1.165) is 28.9 Å². The quantitative estimate of drug-likeness (QED) is 0.379. The highest BCUT2D eigenvalue weighted by Gasteiger charge is 2.43. The van der Waals surface area contributed by atoms with E-state index in [2.05, 4.69) is 11.6 Å². The molecule has 1 aromatic carbocycles. The van der Waals surface area contributed by atoms with Crippen molar-refractivity contribution in [3.63, 3.8) is 0 Å². The Labute approximate surface area is 162 Å². The van der Waals surface area contributed by atoms with Gasteiger partial charge in [0.15, 0.2) is 4.90 Å². The first-order valence-electron chi connectivity index (χ1n) is 8.77. The van der Waals surface area contributed by atoms with Crippen molar-refractivity contribution in [1.82, 2.24) is 4.47 Å². The maximum Gasteiger partial charge on any atom is 0.289 e. The summed E-state index contributed by atoms with van der Waals surface area (Å²) < 4.78 is 27.5. The lowest BCUT2D eigenvalue weighted by Crippen LogP contribution is -2.45. The maximum atomic E-state index is 13.3. The molecule has 1 saturated carbocycles. The van der Waals surface area contributed by atoms with Gasteiger partial charge in [0.05, 0.1) is 36.4 Å². The van der Waals surface area contributed by atoms with Gasteiger partial charge in [-0.1, -0.05) is 22.7 Å². The minimum Gasteiger partial charge on any atom is -0.390 e. The van der Waals surface area contributed by atoms with Gasteiger partial charge in [-0.2, -0.15) is 0 Å². The van der Waals surface area contributed by atoms with Crippen molar-refractivity contribution in [2.45, 2.75) is 23.8 Å². The van der Waals surface area contributed by atoms with E-state index in [1.54, 1.807) is 6.08 Å². The molecule has 1 heterocycles. The molecule has 0 saturated heterocycles. The summed E-state index contributed by atoms with van der Waals surface area (Å²) in [7, 11) is -4.36. The number of rotatable bonds is 9. The van der Waals surface area contributed by atoms with Crippen molar-refractivity contribution in [2.24, 2.45) is 10.9 Å². The summed E-state index contributed by atoms with van der Waals surface area (Å²) in [6, 6.07) is 4.40. The lowest BCUT2D eigenvalue weighted by Gasteiger charge is -2.32. The number of nitro benzene ring substituents is 1. The third-order valence-electron chi connectivity index (χ3n) is 4.55. The smallest absolute Gasteiger partial charge is 0.289 e. The predicted octanol–water partition coefficient (Wildman–Crippen LogP) is 1.86. The molecule has 0 bridgehead atoms. The van der Waals surface area contributed by atoms with Gasteiger partial charge < -0.3 is 5.11 Å². The van der Waals surface area contributed by atoms with Crippen LogP contribution >= 0.6 is 0 Å².